The van der Waals surface area contributed by atoms with Crippen LogP contribution >= 0.6 is 39.3 Å². The van der Waals surface area contributed by atoms with Gasteiger partial charge in [0.2, 0.25) is 0 Å². The normalized spacial score (nSPS) is 22.5. The highest BCUT2D eigenvalue weighted by Crippen LogP contribution is 2.28. The van der Waals surface area contributed by atoms with Crippen LogP contribution in [0.2, 0.25) is 5.02 Å². The molecule has 1 heterocycles. The van der Waals surface area contributed by atoms with Crippen LogP contribution in [0.4, 0.5) is 0 Å². The van der Waals surface area contributed by atoms with Crippen LogP contribution in [0, 0.1) is 11.3 Å². The van der Waals surface area contributed by atoms with Gasteiger partial charge in [-0.05, 0) is 46.3 Å². The summed E-state index contributed by atoms with van der Waals surface area (Å²) in [5.74, 6) is 1.30. The quantitative estimate of drug-likeness (QED) is 0.895. The molecule has 0 aliphatic carbocycles. The van der Waals surface area contributed by atoms with E-state index in [2.05, 4.69) is 27.3 Å². The highest BCUT2D eigenvalue weighted by molar-refractivity contribution is 9.10. The van der Waals surface area contributed by atoms with Gasteiger partial charge in [-0.3, -0.25) is 4.79 Å². The predicted molar refractivity (Wildman–Crippen MR) is 76.9 cm³/mol. The molecule has 1 amide bonds. The molecule has 1 atom stereocenters. The van der Waals surface area contributed by atoms with Crippen LogP contribution in [0.3, 0.4) is 0 Å². The van der Waals surface area contributed by atoms with Crippen molar-refractivity contribution in [2.45, 2.75) is 12.0 Å². The number of thioether (sulfide) groups is 1. The maximum Gasteiger partial charge on any atom is 0.252 e. The molecular weight excluding hydrogens is 336 g/mol. The fourth-order valence-corrected chi connectivity index (χ4v) is 3.47. The molecule has 0 radical (unpaired) electrons. The minimum Gasteiger partial charge on any atom is -0.333 e. The zero-order valence-corrected chi connectivity index (χ0v) is 12.5. The number of benzene rings is 1. The molecule has 1 aromatic rings. The van der Waals surface area contributed by atoms with Crippen molar-refractivity contribution in [3.63, 3.8) is 0 Å². The maximum atomic E-state index is 12.1. The van der Waals surface area contributed by atoms with E-state index in [1.165, 1.54) is 0 Å². The number of carbonyl (C=O) groups excluding carboxylic acids is 1. The fraction of sp³-hybridized carbons (Fsp3) is 0.333. The van der Waals surface area contributed by atoms with E-state index in [1.54, 1.807) is 30.0 Å². The maximum absolute atomic E-state index is 12.1. The standard InChI is InChI=1S/C12H10BrClN2OS/c13-9-5-8(1-2-10(9)14)11(17)16-12(6-15)3-4-18-7-12/h1-2,5H,3-4,7H2,(H,16,17). The molecule has 1 unspecified atom stereocenters. The third-order valence-electron chi connectivity index (χ3n) is 2.77. The summed E-state index contributed by atoms with van der Waals surface area (Å²) in [6, 6.07) is 7.18. The van der Waals surface area contributed by atoms with Gasteiger partial charge in [0.15, 0.2) is 0 Å². The largest absolute Gasteiger partial charge is 0.333 e. The lowest BCUT2D eigenvalue weighted by Gasteiger charge is -2.21. The molecule has 1 aliphatic heterocycles. The van der Waals surface area contributed by atoms with Crippen LogP contribution in [0.15, 0.2) is 22.7 Å². The molecule has 2 rings (SSSR count). The Morgan fingerprint density at radius 1 is 1.61 bits per heavy atom. The topological polar surface area (TPSA) is 52.9 Å². The second-order valence-corrected chi connectivity index (χ2v) is 6.45. The lowest BCUT2D eigenvalue weighted by atomic mass is 10.0. The van der Waals surface area contributed by atoms with E-state index in [-0.39, 0.29) is 5.91 Å². The monoisotopic (exact) mass is 344 g/mol. The molecule has 94 valence electrons. The number of nitrogens with zero attached hydrogens (tertiary/aromatic N) is 1. The average molecular weight is 346 g/mol. The molecule has 1 fully saturated rings. The molecule has 1 aromatic carbocycles. The molecule has 3 nitrogen and oxygen atoms in total. The molecule has 0 spiro atoms. The van der Waals surface area contributed by atoms with Gasteiger partial charge in [-0.2, -0.15) is 17.0 Å². The van der Waals surface area contributed by atoms with Gasteiger partial charge in [-0.15, -0.1) is 0 Å². The Morgan fingerprint density at radius 2 is 2.39 bits per heavy atom. The van der Waals surface area contributed by atoms with Crippen molar-refractivity contribution < 1.29 is 4.79 Å². The summed E-state index contributed by atoms with van der Waals surface area (Å²) >= 11 is 10.8. The van der Waals surface area contributed by atoms with Gasteiger partial charge >= 0.3 is 0 Å². The number of rotatable bonds is 2. The third kappa shape index (κ3) is 2.82. The predicted octanol–water partition coefficient (Wildman–Crippen LogP) is 3.23. The molecule has 0 aromatic heterocycles. The zero-order chi connectivity index (χ0) is 13.2. The van der Waals surface area contributed by atoms with Crippen molar-refractivity contribution in [1.82, 2.24) is 5.32 Å². The van der Waals surface area contributed by atoms with Crippen molar-refractivity contribution in [3.05, 3.63) is 33.3 Å². The smallest absolute Gasteiger partial charge is 0.252 e. The van der Waals surface area contributed by atoms with Gasteiger partial charge in [-0.25, -0.2) is 0 Å². The number of nitriles is 1. The van der Waals surface area contributed by atoms with E-state index in [1.807, 2.05) is 0 Å². The Balaban J connectivity index is 2.17. The van der Waals surface area contributed by atoms with E-state index in [4.69, 9.17) is 11.6 Å². The highest BCUT2D eigenvalue weighted by Gasteiger charge is 2.36. The summed E-state index contributed by atoms with van der Waals surface area (Å²) in [5.41, 5.74) is -0.230. The zero-order valence-electron chi connectivity index (χ0n) is 9.37. The molecule has 1 aliphatic rings. The lowest BCUT2D eigenvalue weighted by Crippen LogP contribution is -2.47. The fourth-order valence-electron chi connectivity index (χ4n) is 1.71. The third-order valence-corrected chi connectivity index (χ3v) is 5.17. The molecule has 0 bridgehead atoms. The first-order valence-electron chi connectivity index (χ1n) is 5.33. The number of carbonyl (C=O) groups is 1. The Kier molecular flexibility index (Phi) is 4.21. The Labute approximate surface area is 123 Å². The lowest BCUT2D eigenvalue weighted by molar-refractivity contribution is 0.0926. The van der Waals surface area contributed by atoms with Gasteiger partial charge in [0.05, 0.1) is 11.1 Å². The van der Waals surface area contributed by atoms with Gasteiger partial charge in [0.1, 0.15) is 5.54 Å². The van der Waals surface area contributed by atoms with E-state index in [0.717, 1.165) is 5.75 Å². The molecule has 18 heavy (non-hydrogen) atoms. The van der Waals surface area contributed by atoms with Crippen LogP contribution in [-0.2, 0) is 0 Å². The second-order valence-electron chi connectivity index (χ2n) is 4.08. The Hall–Kier alpha value is -0.700. The summed E-state index contributed by atoms with van der Waals surface area (Å²) in [6.45, 7) is 0. The summed E-state index contributed by atoms with van der Waals surface area (Å²) in [6.07, 6.45) is 0.689. The SMILES string of the molecule is N#CC1(NC(=O)c2ccc(Cl)c(Br)c2)CCSC1. The Bertz CT molecular complexity index is 523. The first-order chi connectivity index (χ1) is 8.56. The minimum atomic E-state index is -0.728. The van der Waals surface area contributed by atoms with Gasteiger partial charge in [-0.1, -0.05) is 11.6 Å². The van der Waals surface area contributed by atoms with Gasteiger partial charge < -0.3 is 5.32 Å². The summed E-state index contributed by atoms with van der Waals surface area (Å²) in [5, 5.41) is 12.6. The summed E-state index contributed by atoms with van der Waals surface area (Å²) in [4.78, 5) is 12.1. The number of hydrogen-bond donors (Lipinski definition) is 1. The first-order valence-corrected chi connectivity index (χ1v) is 7.65. The second kappa shape index (κ2) is 5.52. The first kappa shape index (κ1) is 13.7. The minimum absolute atomic E-state index is 0.239. The van der Waals surface area contributed by atoms with Crippen molar-refractivity contribution in [2.24, 2.45) is 0 Å². The number of amides is 1. The summed E-state index contributed by atoms with van der Waals surface area (Å²) < 4.78 is 0.670. The van der Waals surface area contributed by atoms with Crippen LogP contribution in [0.1, 0.15) is 16.8 Å². The van der Waals surface area contributed by atoms with E-state index in [9.17, 15) is 10.1 Å². The highest BCUT2D eigenvalue weighted by atomic mass is 79.9. The number of hydrogen-bond acceptors (Lipinski definition) is 3. The van der Waals surface area contributed by atoms with E-state index < -0.39 is 5.54 Å². The van der Waals surface area contributed by atoms with Crippen LogP contribution in [0.25, 0.3) is 0 Å². The average Bonchev–Trinajstić information content (AvgIpc) is 2.82. The Morgan fingerprint density at radius 3 is 2.94 bits per heavy atom. The van der Waals surface area contributed by atoms with Crippen molar-refractivity contribution in [1.29, 1.82) is 5.26 Å². The molecule has 1 N–H and O–H groups in total. The number of nitrogens with one attached hydrogen (secondary N) is 1. The van der Waals surface area contributed by atoms with Crippen LogP contribution < -0.4 is 5.32 Å². The van der Waals surface area contributed by atoms with E-state index in [0.29, 0.717) is 27.2 Å². The van der Waals surface area contributed by atoms with Crippen molar-refractivity contribution in [2.75, 3.05) is 11.5 Å². The molecular formula is C12H10BrClN2OS. The van der Waals surface area contributed by atoms with Crippen molar-refractivity contribution in [3.8, 4) is 6.07 Å². The van der Waals surface area contributed by atoms with Crippen LogP contribution in [0.5, 0.6) is 0 Å². The van der Waals surface area contributed by atoms with Crippen LogP contribution in [-0.4, -0.2) is 23.0 Å². The summed E-state index contributed by atoms with van der Waals surface area (Å²) in [7, 11) is 0. The van der Waals surface area contributed by atoms with Gasteiger partial charge in [0.25, 0.3) is 5.91 Å². The molecule has 0 saturated carbocycles. The van der Waals surface area contributed by atoms with E-state index >= 15 is 0 Å². The van der Waals surface area contributed by atoms with Gasteiger partial charge in [0, 0.05) is 15.8 Å². The number of halogens is 2. The molecule has 6 heteroatoms. The molecule has 1 saturated heterocycles. The van der Waals surface area contributed by atoms with Crippen molar-refractivity contribution >= 4 is 45.2 Å².